The number of methoxy groups -OCH3 is 1. The standard InChI is InChI=1S/C11H8F3NO2/c1-6-3-8(11(12,13)14)4-7(5-15)9(6)10(16)17-2/h3-4H,1-2H3. The second kappa shape index (κ2) is 4.45. The highest BCUT2D eigenvalue weighted by molar-refractivity contribution is 5.93. The van der Waals surface area contributed by atoms with Gasteiger partial charge in [-0.05, 0) is 24.6 Å². The minimum Gasteiger partial charge on any atom is -0.465 e. The number of halogens is 3. The third kappa shape index (κ3) is 2.56. The first-order chi connectivity index (χ1) is 7.81. The molecule has 0 aliphatic rings. The van der Waals surface area contributed by atoms with Crippen molar-refractivity contribution in [3.8, 4) is 6.07 Å². The molecular formula is C11H8F3NO2. The molecule has 0 fully saturated rings. The second-order valence-electron chi connectivity index (χ2n) is 3.32. The predicted molar refractivity (Wildman–Crippen MR) is 52.2 cm³/mol. The normalized spacial score (nSPS) is 10.8. The molecule has 1 rings (SSSR count). The van der Waals surface area contributed by atoms with E-state index >= 15 is 0 Å². The molecular weight excluding hydrogens is 235 g/mol. The van der Waals surface area contributed by atoms with E-state index in [1.165, 1.54) is 6.92 Å². The molecule has 0 saturated heterocycles. The van der Waals surface area contributed by atoms with Crippen molar-refractivity contribution in [3.05, 3.63) is 34.4 Å². The summed E-state index contributed by atoms with van der Waals surface area (Å²) in [4.78, 5) is 11.3. The van der Waals surface area contributed by atoms with Gasteiger partial charge in [-0.3, -0.25) is 0 Å². The molecule has 0 radical (unpaired) electrons. The third-order valence-electron chi connectivity index (χ3n) is 2.17. The van der Waals surface area contributed by atoms with Gasteiger partial charge in [0.25, 0.3) is 0 Å². The van der Waals surface area contributed by atoms with Crippen molar-refractivity contribution in [3.63, 3.8) is 0 Å². The summed E-state index contributed by atoms with van der Waals surface area (Å²) in [5.41, 5.74) is -1.38. The summed E-state index contributed by atoms with van der Waals surface area (Å²) in [6.07, 6.45) is -4.55. The molecule has 0 aromatic heterocycles. The van der Waals surface area contributed by atoms with Crippen LogP contribution < -0.4 is 0 Å². The van der Waals surface area contributed by atoms with Gasteiger partial charge >= 0.3 is 12.1 Å². The average molecular weight is 243 g/mol. The fourth-order valence-corrected chi connectivity index (χ4v) is 1.41. The largest absolute Gasteiger partial charge is 0.465 e. The van der Waals surface area contributed by atoms with Crippen molar-refractivity contribution in [1.29, 1.82) is 5.26 Å². The molecule has 0 atom stereocenters. The molecule has 0 saturated carbocycles. The molecule has 0 N–H and O–H groups in total. The summed E-state index contributed by atoms with van der Waals surface area (Å²) >= 11 is 0. The van der Waals surface area contributed by atoms with Crippen LogP contribution in [0, 0.1) is 18.3 Å². The fraction of sp³-hybridized carbons (Fsp3) is 0.273. The van der Waals surface area contributed by atoms with Crippen LogP contribution in [0.1, 0.15) is 27.0 Å². The van der Waals surface area contributed by atoms with E-state index in [0.717, 1.165) is 13.2 Å². The van der Waals surface area contributed by atoms with E-state index in [4.69, 9.17) is 5.26 Å². The number of alkyl halides is 3. The van der Waals surface area contributed by atoms with Gasteiger partial charge in [-0.25, -0.2) is 4.79 Å². The van der Waals surface area contributed by atoms with E-state index in [0.29, 0.717) is 6.07 Å². The van der Waals surface area contributed by atoms with Crippen LogP contribution in [0.4, 0.5) is 13.2 Å². The number of aryl methyl sites for hydroxylation is 1. The highest BCUT2D eigenvalue weighted by Crippen LogP contribution is 2.32. The molecule has 90 valence electrons. The highest BCUT2D eigenvalue weighted by Gasteiger charge is 2.32. The van der Waals surface area contributed by atoms with Gasteiger partial charge in [0.05, 0.1) is 23.8 Å². The molecule has 0 unspecified atom stereocenters. The molecule has 0 aliphatic heterocycles. The number of hydrogen-bond donors (Lipinski definition) is 0. The number of benzene rings is 1. The zero-order valence-corrected chi connectivity index (χ0v) is 9.05. The Morgan fingerprint density at radius 3 is 2.41 bits per heavy atom. The van der Waals surface area contributed by atoms with Gasteiger partial charge in [0, 0.05) is 0 Å². The Morgan fingerprint density at radius 2 is 2.00 bits per heavy atom. The molecule has 1 aromatic rings. The smallest absolute Gasteiger partial charge is 0.416 e. The van der Waals surface area contributed by atoms with Gasteiger partial charge in [0.1, 0.15) is 6.07 Å². The molecule has 0 amide bonds. The number of ether oxygens (including phenoxy) is 1. The second-order valence-corrected chi connectivity index (χ2v) is 3.32. The molecule has 3 nitrogen and oxygen atoms in total. The Labute approximate surface area is 95.4 Å². The lowest BCUT2D eigenvalue weighted by Crippen LogP contribution is -2.11. The van der Waals surface area contributed by atoms with Crippen molar-refractivity contribution in [1.82, 2.24) is 0 Å². The topological polar surface area (TPSA) is 50.1 Å². The quantitative estimate of drug-likeness (QED) is 0.712. The van der Waals surface area contributed by atoms with E-state index in [9.17, 15) is 18.0 Å². The summed E-state index contributed by atoms with van der Waals surface area (Å²) < 4.78 is 41.8. The van der Waals surface area contributed by atoms with Crippen LogP contribution in [0.25, 0.3) is 0 Å². The van der Waals surface area contributed by atoms with Gasteiger partial charge in [0.2, 0.25) is 0 Å². The van der Waals surface area contributed by atoms with Crippen LogP contribution >= 0.6 is 0 Å². The zero-order valence-electron chi connectivity index (χ0n) is 9.05. The van der Waals surface area contributed by atoms with Crippen molar-refractivity contribution >= 4 is 5.97 Å². The summed E-state index contributed by atoms with van der Waals surface area (Å²) in [5, 5.41) is 8.75. The monoisotopic (exact) mass is 243 g/mol. The summed E-state index contributed by atoms with van der Waals surface area (Å²) in [5.74, 6) is -0.826. The van der Waals surface area contributed by atoms with E-state index in [1.54, 1.807) is 6.07 Å². The Hall–Kier alpha value is -2.03. The van der Waals surface area contributed by atoms with Crippen LogP contribution in [0.5, 0.6) is 0 Å². The lowest BCUT2D eigenvalue weighted by Gasteiger charge is -2.11. The number of nitriles is 1. The van der Waals surface area contributed by atoms with E-state index < -0.39 is 17.7 Å². The average Bonchev–Trinajstić information content (AvgIpc) is 2.25. The summed E-state index contributed by atoms with van der Waals surface area (Å²) in [6.45, 7) is 1.32. The van der Waals surface area contributed by atoms with Crippen molar-refractivity contribution < 1.29 is 22.7 Å². The van der Waals surface area contributed by atoms with Gasteiger partial charge in [-0.15, -0.1) is 0 Å². The fourth-order valence-electron chi connectivity index (χ4n) is 1.41. The van der Waals surface area contributed by atoms with Crippen molar-refractivity contribution in [2.75, 3.05) is 7.11 Å². The number of esters is 1. The van der Waals surface area contributed by atoms with Gasteiger partial charge in [0.15, 0.2) is 0 Å². The maximum Gasteiger partial charge on any atom is 0.416 e. The predicted octanol–water partition coefficient (Wildman–Crippen LogP) is 2.67. The maximum absolute atomic E-state index is 12.5. The molecule has 0 aliphatic carbocycles. The van der Waals surface area contributed by atoms with Crippen LogP contribution in [0.2, 0.25) is 0 Å². The van der Waals surface area contributed by atoms with Crippen LogP contribution in [-0.2, 0) is 10.9 Å². The SMILES string of the molecule is COC(=O)c1c(C)cc(C(F)(F)F)cc1C#N. The summed E-state index contributed by atoms with van der Waals surface area (Å²) in [6, 6.07) is 3.01. The van der Waals surface area contributed by atoms with E-state index in [-0.39, 0.29) is 16.7 Å². The molecule has 0 heterocycles. The van der Waals surface area contributed by atoms with E-state index in [2.05, 4.69) is 4.74 Å². The Bertz CT molecular complexity index is 501. The number of hydrogen-bond acceptors (Lipinski definition) is 3. The first-order valence-electron chi connectivity index (χ1n) is 4.51. The lowest BCUT2D eigenvalue weighted by atomic mass is 9.99. The maximum atomic E-state index is 12.5. The van der Waals surface area contributed by atoms with E-state index in [1.807, 2.05) is 0 Å². The molecule has 0 bridgehead atoms. The van der Waals surface area contributed by atoms with Crippen LogP contribution in [-0.4, -0.2) is 13.1 Å². The van der Waals surface area contributed by atoms with Gasteiger partial charge < -0.3 is 4.74 Å². The minimum atomic E-state index is -4.55. The van der Waals surface area contributed by atoms with Crippen molar-refractivity contribution in [2.24, 2.45) is 0 Å². The first-order valence-corrected chi connectivity index (χ1v) is 4.51. The summed E-state index contributed by atoms with van der Waals surface area (Å²) in [7, 11) is 1.10. The first kappa shape index (κ1) is 13.0. The molecule has 17 heavy (non-hydrogen) atoms. The minimum absolute atomic E-state index is 0.0585. The Morgan fingerprint density at radius 1 is 1.41 bits per heavy atom. The van der Waals surface area contributed by atoms with Crippen LogP contribution in [0.3, 0.4) is 0 Å². The van der Waals surface area contributed by atoms with Crippen molar-refractivity contribution in [2.45, 2.75) is 13.1 Å². The van der Waals surface area contributed by atoms with Gasteiger partial charge in [-0.2, -0.15) is 18.4 Å². The number of rotatable bonds is 1. The van der Waals surface area contributed by atoms with Crippen LogP contribution in [0.15, 0.2) is 12.1 Å². The zero-order chi connectivity index (χ0) is 13.2. The molecule has 0 spiro atoms. The molecule has 1 aromatic carbocycles. The number of carbonyl (C=O) groups is 1. The molecule has 6 heteroatoms. The Balaban J connectivity index is 3.48. The number of carbonyl (C=O) groups excluding carboxylic acids is 1. The Kier molecular flexibility index (Phi) is 3.42. The number of nitrogens with zero attached hydrogens (tertiary/aromatic N) is 1. The van der Waals surface area contributed by atoms with Gasteiger partial charge in [-0.1, -0.05) is 0 Å². The lowest BCUT2D eigenvalue weighted by molar-refractivity contribution is -0.137. The third-order valence-corrected chi connectivity index (χ3v) is 2.17. The highest BCUT2D eigenvalue weighted by atomic mass is 19.4.